The summed E-state index contributed by atoms with van der Waals surface area (Å²) in [5, 5.41) is 12.2. The van der Waals surface area contributed by atoms with E-state index in [9.17, 15) is 9.90 Å². The van der Waals surface area contributed by atoms with Crippen LogP contribution in [0.15, 0.2) is 18.2 Å². The molecule has 82 valence electrons. The number of nitrogens with one attached hydrogen (secondary N) is 1. The molecule has 0 heterocycles. The predicted molar refractivity (Wildman–Crippen MR) is 56.6 cm³/mol. The van der Waals surface area contributed by atoms with Crippen molar-refractivity contribution in [3.63, 3.8) is 0 Å². The van der Waals surface area contributed by atoms with Gasteiger partial charge in [0.1, 0.15) is 5.75 Å². The van der Waals surface area contributed by atoms with Gasteiger partial charge in [-0.3, -0.25) is 4.79 Å². The van der Waals surface area contributed by atoms with Crippen LogP contribution in [-0.4, -0.2) is 24.7 Å². The number of phenolic OH excluding ortho intramolecular Hbond substituents is 1. The summed E-state index contributed by atoms with van der Waals surface area (Å²) in [7, 11) is 1.35. The van der Waals surface area contributed by atoms with Crippen LogP contribution in [0.2, 0.25) is 0 Å². The van der Waals surface area contributed by atoms with E-state index in [1.165, 1.54) is 7.11 Å². The molecule has 15 heavy (non-hydrogen) atoms. The lowest BCUT2D eigenvalue weighted by Gasteiger charge is -2.07. The van der Waals surface area contributed by atoms with Gasteiger partial charge in [-0.25, -0.2) is 0 Å². The second kappa shape index (κ2) is 5.36. The molecule has 0 spiro atoms. The maximum Gasteiger partial charge on any atom is 0.319 e. The molecule has 0 radical (unpaired) electrons. The summed E-state index contributed by atoms with van der Waals surface area (Å²) >= 11 is 0. The molecule has 0 aromatic heterocycles. The summed E-state index contributed by atoms with van der Waals surface area (Å²) in [6, 6.07) is 5.16. The highest BCUT2D eigenvalue weighted by Crippen LogP contribution is 2.15. The SMILES string of the molecule is COC(=O)CNCc1cc(O)ccc1C. The predicted octanol–water partition coefficient (Wildman–Crippen LogP) is 0.963. The maximum atomic E-state index is 10.8. The third-order valence-electron chi connectivity index (χ3n) is 2.15. The Bertz CT molecular complexity index is 350. The van der Waals surface area contributed by atoms with Gasteiger partial charge in [-0.2, -0.15) is 0 Å². The van der Waals surface area contributed by atoms with Gasteiger partial charge in [0.2, 0.25) is 0 Å². The average molecular weight is 209 g/mol. The minimum atomic E-state index is -0.298. The summed E-state index contributed by atoms with van der Waals surface area (Å²) in [6.45, 7) is 2.66. The van der Waals surface area contributed by atoms with Gasteiger partial charge >= 0.3 is 5.97 Å². The van der Waals surface area contributed by atoms with Crippen molar-refractivity contribution in [1.29, 1.82) is 0 Å². The Balaban J connectivity index is 2.50. The summed E-state index contributed by atoms with van der Waals surface area (Å²) in [4.78, 5) is 10.8. The number of methoxy groups -OCH3 is 1. The normalized spacial score (nSPS) is 10.0. The maximum absolute atomic E-state index is 10.8. The molecule has 0 saturated heterocycles. The third-order valence-corrected chi connectivity index (χ3v) is 2.15. The monoisotopic (exact) mass is 209 g/mol. The molecule has 0 bridgehead atoms. The van der Waals surface area contributed by atoms with Gasteiger partial charge in [-0.1, -0.05) is 6.07 Å². The molecule has 1 rings (SSSR count). The Morgan fingerprint density at radius 2 is 2.27 bits per heavy atom. The van der Waals surface area contributed by atoms with Crippen LogP contribution in [0.1, 0.15) is 11.1 Å². The van der Waals surface area contributed by atoms with E-state index in [1.54, 1.807) is 12.1 Å². The number of benzene rings is 1. The fourth-order valence-electron chi connectivity index (χ4n) is 1.22. The second-order valence-electron chi connectivity index (χ2n) is 3.29. The zero-order valence-electron chi connectivity index (χ0n) is 8.91. The van der Waals surface area contributed by atoms with Crippen molar-refractivity contribution in [3.8, 4) is 5.75 Å². The highest BCUT2D eigenvalue weighted by molar-refractivity contribution is 5.71. The first-order chi connectivity index (χ1) is 7.13. The minimum Gasteiger partial charge on any atom is -0.508 e. The Kier molecular flexibility index (Phi) is 4.12. The van der Waals surface area contributed by atoms with Gasteiger partial charge in [-0.15, -0.1) is 0 Å². The highest BCUT2D eigenvalue weighted by atomic mass is 16.5. The number of aryl methyl sites for hydroxylation is 1. The number of ether oxygens (including phenoxy) is 1. The zero-order valence-corrected chi connectivity index (χ0v) is 8.91. The molecular formula is C11H15NO3. The summed E-state index contributed by atoms with van der Waals surface area (Å²) in [5.41, 5.74) is 2.05. The van der Waals surface area contributed by atoms with E-state index < -0.39 is 0 Å². The van der Waals surface area contributed by atoms with E-state index >= 15 is 0 Å². The Morgan fingerprint density at radius 1 is 1.53 bits per heavy atom. The number of hydrogen-bond acceptors (Lipinski definition) is 4. The van der Waals surface area contributed by atoms with Gasteiger partial charge in [0.25, 0.3) is 0 Å². The standard InChI is InChI=1S/C11H15NO3/c1-8-3-4-10(13)5-9(8)6-12-7-11(14)15-2/h3-5,12-13H,6-7H2,1-2H3. The first-order valence-electron chi connectivity index (χ1n) is 4.69. The van der Waals surface area contributed by atoms with Crippen LogP contribution in [0.3, 0.4) is 0 Å². The van der Waals surface area contributed by atoms with E-state index in [0.717, 1.165) is 11.1 Å². The molecule has 2 N–H and O–H groups in total. The zero-order chi connectivity index (χ0) is 11.3. The minimum absolute atomic E-state index is 0.172. The van der Waals surface area contributed by atoms with E-state index in [4.69, 9.17) is 0 Å². The Morgan fingerprint density at radius 3 is 2.93 bits per heavy atom. The van der Waals surface area contributed by atoms with Gasteiger partial charge in [0, 0.05) is 6.54 Å². The fourth-order valence-corrected chi connectivity index (χ4v) is 1.22. The topological polar surface area (TPSA) is 58.6 Å². The number of esters is 1. The molecule has 0 aliphatic carbocycles. The van der Waals surface area contributed by atoms with Crippen molar-refractivity contribution < 1.29 is 14.6 Å². The van der Waals surface area contributed by atoms with E-state index in [2.05, 4.69) is 10.1 Å². The van der Waals surface area contributed by atoms with Crippen molar-refractivity contribution >= 4 is 5.97 Å². The van der Waals surface area contributed by atoms with E-state index in [1.807, 2.05) is 13.0 Å². The Hall–Kier alpha value is -1.55. The van der Waals surface area contributed by atoms with Crippen LogP contribution in [-0.2, 0) is 16.1 Å². The number of aromatic hydroxyl groups is 1. The second-order valence-corrected chi connectivity index (χ2v) is 3.29. The summed E-state index contributed by atoms with van der Waals surface area (Å²) in [6.07, 6.45) is 0. The average Bonchev–Trinajstić information content (AvgIpc) is 2.23. The molecule has 4 nitrogen and oxygen atoms in total. The molecule has 0 atom stereocenters. The van der Waals surface area contributed by atoms with Gasteiger partial charge in [0.15, 0.2) is 0 Å². The molecule has 0 fully saturated rings. The molecule has 1 aromatic carbocycles. The van der Waals surface area contributed by atoms with E-state index in [0.29, 0.717) is 6.54 Å². The molecule has 0 aliphatic heterocycles. The number of carbonyl (C=O) groups is 1. The number of carbonyl (C=O) groups excluding carboxylic acids is 1. The highest BCUT2D eigenvalue weighted by Gasteiger charge is 2.02. The summed E-state index contributed by atoms with van der Waals surface area (Å²) in [5.74, 6) is -0.0664. The van der Waals surface area contributed by atoms with Gasteiger partial charge < -0.3 is 15.2 Å². The fraction of sp³-hybridized carbons (Fsp3) is 0.364. The lowest BCUT2D eigenvalue weighted by molar-refractivity contribution is -0.139. The van der Waals surface area contributed by atoms with Crippen molar-refractivity contribution in [2.45, 2.75) is 13.5 Å². The molecule has 0 aliphatic rings. The first-order valence-corrected chi connectivity index (χ1v) is 4.69. The van der Waals surface area contributed by atoms with Crippen molar-refractivity contribution in [2.24, 2.45) is 0 Å². The molecular weight excluding hydrogens is 194 g/mol. The van der Waals surface area contributed by atoms with Crippen LogP contribution < -0.4 is 5.32 Å². The number of hydrogen-bond donors (Lipinski definition) is 2. The molecule has 4 heteroatoms. The first kappa shape index (κ1) is 11.5. The lowest BCUT2D eigenvalue weighted by Crippen LogP contribution is -2.23. The van der Waals surface area contributed by atoms with Crippen LogP contribution in [0, 0.1) is 6.92 Å². The van der Waals surface area contributed by atoms with Crippen molar-refractivity contribution in [3.05, 3.63) is 29.3 Å². The molecule has 1 aromatic rings. The smallest absolute Gasteiger partial charge is 0.319 e. The molecule has 0 saturated carbocycles. The lowest BCUT2D eigenvalue weighted by atomic mass is 10.1. The number of phenols is 1. The molecule has 0 unspecified atom stereocenters. The van der Waals surface area contributed by atoms with E-state index in [-0.39, 0.29) is 18.3 Å². The largest absolute Gasteiger partial charge is 0.508 e. The van der Waals surface area contributed by atoms with Crippen LogP contribution in [0.5, 0.6) is 5.75 Å². The van der Waals surface area contributed by atoms with Crippen molar-refractivity contribution in [1.82, 2.24) is 5.32 Å². The van der Waals surface area contributed by atoms with Crippen molar-refractivity contribution in [2.75, 3.05) is 13.7 Å². The summed E-state index contributed by atoms with van der Waals surface area (Å²) < 4.78 is 4.49. The molecule has 0 amide bonds. The third kappa shape index (κ3) is 3.59. The van der Waals surface area contributed by atoms with Crippen LogP contribution >= 0.6 is 0 Å². The number of rotatable bonds is 4. The van der Waals surface area contributed by atoms with Gasteiger partial charge in [-0.05, 0) is 30.2 Å². The quantitative estimate of drug-likeness (QED) is 0.725. The van der Waals surface area contributed by atoms with Gasteiger partial charge in [0.05, 0.1) is 13.7 Å². The Labute approximate surface area is 88.9 Å². The van der Waals surface area contributed by atoms with Crippen LogP contribution in [0.4, 0.5) is 0 Å². The van der Waals surface area contributed by atoms with Crippen LogP contribution in [0.25, 0.3) is 0 Å².